The van der Waals surface area contributed by atoms with Crippen molar-refractivity contribution in [3.05, 3.63) is 24.5 Å². The minimum Gasteiger partial charge on any atom is -0.365 e. The van der Waals surface area contributed by atoms with Gasteiger partial charge in [-0.05, 0) is 12.1 Å². The molecule has 4 nitrogen and oxygen atoms in total. The van der Waals surface area contributed by atoms with E-state index in [-0.39, 0.29) is 5.91 Å². The molecule has 1 heterocycles. The topological polar surface area (TPSA) is 45.2 Å². The van der Waals surface area contributed by atoms with E-state index in [0.29, 0.717) is 6.54 Å². The molecular weight excluding hydrogens is 166 g/mol. The Balaban J connectivity index is 2.59. The molecule has 0 saturated carbocycles. The number of likely N-dealkylation sites (N-methyl/N-ethyl adjacent to an activating group) is 2. The zero-order chi connectivity index (χ0) is 9.68. The summed E-state index contributed by atoms with van der Waals surface area (Å²) in [5, 5.41) is 2.57. The van der Waals surface area contributed by atoms with Crippen LogP contribution >= 0.6 is 0 Å². The Morgan fingerprint density at radius 1 is 1.54 bits per heavy atom. The fourth-order valence-electron chi connectivity index (χ4n) is 0.984. The van der Waals surface area contributed by atoms with Gasteiger partial charge in [-0.2, -0.15) is 0 Å². The van der Waals surface area contributed by atoms with Gasteiger partial charge in [0.15, 0.2) is 0 Å². The van der Waals surface area contributed by atoms with E-state index in [0.717, 1.165) is 5.69 Å². The van der Waals surface area contributed by atoms with Gasteiger partial charge >= 0.3 is 0 Å². The Morgan fingerprint density at radius 2 is 2.15 bits per heavy atom. The first-order valence-electron chi connectivity index (χ1n) is 4.06. The molecule has 0 aromatic carbocycles. The van der Waals surface area contributed by atoms with Gasteiger partial charge in [-0.1, -0.05) is 0 Å². The molecule has 0 radical (unpaired) electrons. The number of carbonyl (C=O) groups is 1. The maximum Gasteiger partial charge on any atom is 0.239 e. The lowest BCUT2D eigenvalue weighted by Gasteiger charge is -2.17. The summed E-state index contributed by atoms with van der Waals surface area (Å²) in [4.78, 5) is 16.8. The third kappa shape index (κ3) is 2.74. The number of anilines is 1. The first-order chi connectivity index (χ1) is 6.24. The third-order valence-electron chi connectivity index (χ3n) is 1.76. The first kappa shape index (κ1) is 9.51. The Labute approximate surface area is 77.6 Å². The van der Waals surface area contributed by atoms with Crippen molar-refractivity contribution in [2.45, 2.75) is 0 Å². The Hall–Kier alpha value is -1.58. The summed E-state index contributed by atoms with van der Waals surface area (Å²) in [6.45, 7) is 0.362. The Bertz CT molecular complexity index is 273. The first-order valence-corrected chi connectivity index (χ1v) is 4.06. The molecule has 1 aromatic heterocycles. The second kappa shape index (κ2) is 4.45. The molecule has 4 heteroatoms. The number of carbonyl (C=O) groups excluding carboxylic acids is 1. The van der Waals surface area contributed by atoms with Crippen molar-refractivity contribution in [2.75, 3.05) is 25.5 Å². The summed E-state index contributed by atoms with van der Waals surface area (Å²) in [6, 6.07) is 3.73. The highest BCUT2D eigenvalue weighted by molar-refractivity contribution is 5.80. The van der Waals surface area contributed by atoms with E-state index in [1.165, 1.54) is 0 Å². The van der Waals surface area contributed by atoms with Crippen LogP contribution in [0.1, 0.15) is 0 Å². The number of hydrogen-bond acceptors (Lipinski definition) is 3. The van der Waals surface area contributed by atoms with E-state index < -0.39 is 0 Å². The van der Waals surface area contributed by atoms with Crippen LogP contribution in [0.2, 0.25) is 0 Å². The molecule has 1 amide bonds. The molecule has 0 aliphatic heterocycles. The fourth-order valence-corrected chi connectivity index (χ4v) is 0.984. The van der Waals surface area contributed by atoms with Gasteiger partial charge < -0.3 is 10.2 Å². The van der Waals surface area contributed by atoms with Gasteiger partial charge in [0.2, 0.25) is 5.91 Å². The highest BCUT2D eigenvalue weighted by atomic mass is 16.1. The lowest BCUT2D eigenvalue weighted by atomic mass is 10.3. The summed E-state index contributed by atoms with van der Waals surface area (Å²) in [7, 11) is 3.49. The second-order valence-corrected chi connectivity index (χ2v) is 2.73. The van der Waals surface area contributed by atoms with E-state index in [2.05, 4.69) is 10.3 Å². The molecule has 0 unspecified atom stereocenters. The summed E-state index contributed by atoms with van der Waals surface area (Å²) in [5.41, 5.74) is 0.985. The van der Waals surface area contributed by atoms with Gasteiger partial charge in [0, 0.05) is 32.2 Å². The van der Waals surface area contributed by atoms with Crippen LogP contribution in [-0.4, -0.2) is 31.5 Å². The van der Waals surface area contributed by atoms with Gasteiger partial charge in [0.25, 0.3) is 0 Å². The average molecular weight is 179 g/mol. The van der Waals surface area contributed by atoms with Gasteiger partial charge in [0.1, 0.15) is 0 Å². The highest BCUT2D eigenvalue weighted by Crippen LogP contribution is 2.08. The summed E-state index contributed by atoms with van der Waals surface area (Å²) in [5.74, 6) is -0.000637. The van der Waals surface area contributed by atoms with Gasteiger partial charge in [-0.3, -0.25) is 9.78 Å². The number of rotatable bonds is 3. The predicted octanol–water partition coefficient (Wildman–Crippen LogP) is 0.264. The maximum atomic E-state index is 11.0. The van der Waals surface area contributed by atoms with Crippen molar-refractivity contribution in [1.82, 2.24) is 10.3 Å². The molecular formula is C9H13N3O. The van der Waals surface area contributed by atoms with Crippen molar-refractivity contribution in [3.63, 3.8) is 0 Å². The molecule has 1 rings (SSSR count). The number of pyridine rings is 1. The number of nitrogens with zero attached hydrogens (tertiary/aromatic N) is 2. The van der Waals surface area contributed by atoms with Crippen molar-refractivity contribution >= 4 is 11.6 Å². The second-order valence-electron chi connectivity index (χ2n) is 2.73. The zero-order valence-corrected chi connectivity index (χ0v) is 7.82. The van der Waals surface area contributed by atoms with Crippen LogP contribution in [0.25, 0.3) is 0 Å². The zero-order valence-electron chi connectivity index (χ0n) is 7.82. The van der Waals surface area contributed by atoms with Crippen molar-refractivity contribution in [2.24, 2.45) is 0 Å². The number of nitrogens with one attached hydrogen (secondary N) is 1. The standard InChI is InChI=1S/C9H13N3O/c1-10-9(13)7-12(2)8-3-5-11-6-4-8/h3-6H,7H2,1-2H3,(H,10,13). The molecule has 70 valence electrons. The number of amides is 1. The summed E-state index contributed by atoms with van der Waals surface area (Å²) in [6.07, 6.45) is 3.41. The molecule has 0 aliphatic carbocycles. The maximum absolute atomic E-state index is 11.0. The van der Waals surface area contributed by atoms with Gasteiger partial charge in [-0.25, -0.2) is 0 Å². The number of hydrogen-bond donors (Lipinski definition) is 1. The van der Waals surface area contributed by atoms with Crippen LogP contribution in [0, 0.1) is 0 Å². The van der Waals surface area contributed by atoms with Crippen LogP contribution < -0.4 is 10.2 Å². The van der Waals surface area contributed by atoms with Gasteiger partial charge in [0.05, 0.1) is 6.54 Å². The molecule has 1 aromatic rings. The predicted molar refractivity (Wildman–Crippen MR) is 51.6 cm³/mol. The van der Waals surface area contributed by atoms with Crippen molar-refractivity contribution in [3.8, 4) is 0 Å². The van der Waals surface area contributed by atoms with Crippen molar-refractivity contribution < 1.29 is 4.79 Å². The monoisotopic (exact) mass is 179 g/mol. The molecule has 0 atom stereocenters. The minimum atomic E-state index is -0.000637. The smallest absolute Gasteiger partial charge is 0.239 e. The quantitative estimate of drug-likeness (QED) is 0.724. The molecule has 0 fully saturated rings. The molecule has 1 N–H and O–H groups in total. The Kier molecular flexibility index (Phi) is 3.25. The SMILES string of the molecule is CNC(=O)CN(C)c1ccncc1. The van der Waals surface area contributed by atoms with Crippen LogP contribution in [0.4, 0.5) is 5.69 Å². The van der Waals surface area contributed by atoms with E-state index >= 15 is 0 Å². The molecule has 13 heavy (non-hydrogen) atoms. The number of aromatic nitrogens is 1. The lowest BCUT2D eigenvalue weighted by Crippen LogP contribution is -2.32. The normalized spacial score (nSPS) is 9.38. The summed E-state index contributed by atoms with van der Waals surface area (Å²) < 4.78 is 0. The van der Waals surface area contributed by atoms with Crippen molar-refractivity contribution in [1.29, 1.82) is 0 Å². The van der Waals surface area contributed by atoms with Crippen LogP contribution in [-0.2, 0) is 4.79 Å². The highest BCUT2D eigenvalue weighted by Gasteiger charge is 2.04. The van der Waals surface area contributed by atoms with Crippen LogP contribution in [0.5, 0.6) is 0 Å². The van der Waals surface area contributed by atoms with E-state index in [4.69, 9.17) is 0 Å². The third-order valence-corrected chi connectivity index (χ3v) is 1.76. The van der Waals surface area contributed by atoms with Gasteiger partial charge in [-0.15, -0.1) is 0 Å². The fraction of sp³-hybridized carbons (Fsp3) is 0.333. The largest absolute Gasteiger partial charge is 0.365 e. The molecule has 0 aliphatic rings. The Morgan fingerprint density at radius 3 is 2.69 bits per heavy atom. The van der Waals surface area contributed by atoms with Crippen LogP contribution in [0.3, 0.4) is 0 Å². The lowest BCUT2D eigenvalue weighted by molar-refractivity contribution is -0.119. The van der Waals surface area contributed by atoms with E-state index in [9.17, 15) is 4.79 Å². The average Bonchev–Trinajstić information content (AvgIpc) is 2.19. The molecule has 0 spiro atoms. The minimum absolute atomic E-state index is 0.000637. The summed E-state index contributed by atoms with van der Waals surface area (Å²) >= 11 is 0. The van der Waals surface area contributed by atoms with E-state index in [1.54, 1.807) is 19.4 Å². The van der Waals surface area contributed by atoms with E-state index in [1.807, 2.05) is 24.1 Å². The van der Waals surface area contributed by atoms with Crippen LogP contribution in [0.15, 0.2) is 24.5 Å². The molecule has 0 bridgehead atoms. The molecule has 0 saturated heterocycles.